The number of benzene rings is 2. The Morgan fingerprint density at radius 3 is 2.89 bits per heavy atom. The first-order valence-corrected chi connectivity index (χ1v) is 9.17. The Labute approximate surface area is 157 Å². The number of amides is 1. The molecular weight excluding hydrogens is 371 g/mol. The van der Waals surface area contributed by atoms with Gasteiger partial charge in [0.15, 0.2) is 11.5 Å². The van der Waals surface area contributed by atoms with E-state index in [0.717, 1.165) is 5.56 Å². The van der Waals surface area contributed by atoms with E-state index in [1.54, 1.807) is 16.3 Å². The lowest BCUT2D eigenvalue weighted by atomic mass is 10.2. The zero-order valence-corrected chi connectivity index (χ0v) is 14.8. The van der Waals surface area contributed by atoms with Crippen LogP contribution in [0.2, 0.25) is 0 Å². The lowest BCUT2D eigenvalue weighted by Crippen LogP contribution is -2.38. The van der Waals surface area contributed by atoms with E-state index in [1.165, 1.54) is 23.5 Å². The van der Waals surface area contributed by atoms with Gasteiger partial charge in [0, 0.05) is 17.0 Å². The van der Waals surface area contributed by atoms with Crippen molar-refractivity contribution in [1.82, 2.24) is 4.98 Å². The predicted molar refractivity (Wildman–Crippen MR) is 97.2 cm³/mol. The summed E-state index contributed by atoms with van der Waals surface area (Å²) in [6.07, 6.45) is 0. The summed E-state index contributed by atoms with van der Waals surface area (Å²) >= 11 is 1.38. The number of halogens is 1. The van der Waals surface area contributed by atoms with E-state index in [0.29, 0.717) is 46.8 Å². The van der Waals surface area contributed by atoms with E-state index >= 15 is 0 Å². The fourth-order valence-corrected chi connectivity index (χ4v) is 3.87. The SMILES string of the molecule is O=C(c1csc(-c2ccc3c(c2)OCO3)n1)N1CCOc2cc(F)ccc21. The van der Waals surface area contributed by atoms with Gasteiger partial charge in [-0.1, -0.05) is 0 Å². The van der Waals surface area contributed by atoms with Crippen LogP contribution in [0.25, 0.3) is 10.6 Å². The Balaban J connectivity index is 1.44. The Hall–Kier alpha value is -3.13. The number of anilines is 1. The first-order valence-electron chi connectivity index (χ1n) is 8.29. The summed E-state index contributed by atoms with van der Waals surface area (Å²) in [4.78, 5) is 19.0. The summed E-state index contributed by atoms with van der Waals surface area (Å²) < 4.78 is 29.6. The Morgan fingerprint density at radius 2 is 1.96 bits per heavy atom. The van der Waals surface area contributed by atoms with Crippen molar-refractivity contribution in [1.29, 1.82) is 0 Å². The molecule has 5 rings (SSSR count). The zero-order valence-electron chi connectivity index (χ0n) is 14.0. The maximum atomic E-state index is 13.4. The highest BCUT2D eigenvalue weighted by atomic mass is 32.1. The topological polar surface area (TPSA) is 60.9 Å². The molecule has 136 valence electrons. The van der Waals surface area contributed by atoms with Crippen LogP contribution >= 0.6 is 11.3 Å². The number of carbonyl (C=O) groups is 1. The van der Waals surface area contributed by atoms with Crippen molar-refractivity contribution >= 4 is 22.9 Å². The molecule has 0 aliphatic carbocycles. The summed E-state index contributed by atoms with van der Waals surface area (Å²) in [6, 6.07) is 9.70. The fraction of sp³-hybridized carbons (Fsp3) is 0.158. The second kappa shape index (κ2) is 6.24. The van der Waals surface area contributed by atoms with Crippen molar-refractivity contribution in [3.8, 4) is 27.8 Å². The number of ether oxygens (including phenoxy) is 3. The maximum Gasteiger partial charge on any atom is 0.277 e. The average Bonchev–Trinajstić information content (AvgIpc) is 3.35. The van der Waals surface area contributed by atoms with Crippen molar-refractivity contribution in [2.75, 3.05) is 24.8 Å². The van der Waals surface area contributed by atoms with Gasteiger partial charge in [-0.25, -0.2) is 9.37 Å². The molecule has 2 aromatic carbocycles. The second-order valence-corrected chi connectivity index (χ2v) is 6.88. The highest BCUT2D eigenvalue weighted by Gasteiger charge is 2.27. The largest absolute Gasteiger partial charge is 0.489 e. The molecule has 3 aromatic rings. The van der Waals surface area contributed by atoms with E-state index in [9.17, 15) is 9.18 Å². The first-order chi connectivity index (χ1) is 13.2. The smallest absolute Gasteiger partial charge is 0.277 e. The first kappa shape index (κ1) is 16.1. The van der Waals surface area contributed by atoms with Crippen LogP contribution in [0.5, 0.6) is 17.2 Å². The van der Waals surface area contributed by atoms with Crippen LogP contribution in [0.15, 0.2) is 41.8 Å². The van der Waals surface area contributed by atoms with E-state index in [1.807, 2.05) is 18.2 Å². The third-order valence-corrected chi connectivity index (χ3v) is 5.26. The van der Waals surface area contributed by atoms with Gasteiger partial charge < -0.3 is 19.1 Å². The van der Waals surface area contributed by atoms with Gasteiger partial charge in [0.25, 0.3) is 5.91 Å². The third kappa shape index (κ3) is 2.78. The summed E-state index contributed by atoms with van der Waals surface area (Å²) in [5, 5.41) is 2.44. The number of aromatic nitrogens is 1. The fourth-order valence-electron chi connectivity index (χ4n) is 3.08. The van der Waals surface area contributed by atoms with E-state index in [2.05, 4.69) is 4.98 Å². The minimum absolute atomic E-state index is 0.206. The molecule has 2 aliphatic rings. The highest BCUT2D eigenvalue weighted by molar-refractivity contribution is 7.13. The number of carbonyl (C=O) groups excluding carboxylic acids is 1. The molecule has 0 fully saturated rings. The lowest BCUT2D eigenvalue weighted by molar-refractivity contribution is 0.0972. The number of rotatable bonds is 2. The molecule has 8 heteroatoms. The zero-order chi connectivity index (χ0) is 18.4. The quantitative estimate of drug-likeness (QED) is 0.674. The highest BCUT2D eigenvalue weighted by Crippen LogP contribution is 2.37. The van der Waals surface area contributed by atoms with Gasteiger partial charge in [-0.15, -0.1) is 11.3 Å². The molecular formula is C19H13FN2O4S. The average molecular weight is 384 g/mol. The van der Waals surface area contributed by atoms with Gasteiger partial charge in [0.2, 0.25) is 6.79 Å². The summed E-state index contributed by atoms with van der Waals surface area (Å²) in [7, 11) is 0. The summed E-state index contributed by atoms with van der Waals surface area (Å²) in [6.45, 7) is 0.896. The molecule has 0 atom stereocenters. The minimum atomic E-state index is -0.401. The van der Waals surface area contributed by atoms with Gasteiger partial charge in [0.05, 0.1) is 12.2 Å². The standard InChI is InChI=1S/C19H13FN2O4S/c20-12-2-3-14-16(8-12)24-6-5-22(14)19(23)13-9-27-18(21-13)11-1-4-15-17(7-11)26-10-25-15/h1-4,7-9H,5-6,10H2. The van der Waals surface area contributed by atoms with E-state index < -0.39 is 5.82 Å². The van der Waals surface area contributed by atoms with Gasteiger partial charge >= 0.3 is 0 Å². The molecule has 0 unspecified atom stereocenters. The van der Waals surface area contributed by atoms with Crippen LogP contribution in [0.1, 0.15) is 10.5 Å². The molecule has 2 aliphatic heterocycles. The molecule has 1 amide bonds. The minimum Gasteiger partial charge on any atom is -0.489 e. The normalized spacial score (nSPS) is 14.6. The Kier molecular flexibility index (Phi) is 3.71. The molecule has 1 aromatic heterocycles. The van der Waals surface area contributed by atoms with E-state index in [4.69, 9.17) is 14.2 Å². The molecule has 0 bridgehead atoms. The van der Waals surface area contributed by atoms with Crippen LogP contribution in [0.4, 0.5) is 10.1 Å². The second-order valence-electron chi connectivity index (χ2n) is 6.02. The van der Waals surface area contributed by atoms with Crippen molar-refractivity contribution in [3.05, 3.63) is 53.3 Å². The van der Waals surface area contributed by atoms with Crippen molar-refractivity contribution in [2.45, 2.75) is 0 Å². The lowest BCUT2D eigenvalue weighted by Gasteiger charge is -2.28. The maximum absolute atomic E-state index is 13.4. The number of hydrogen-bond acceptors (Lipinski definition) is 6. The molecule has 0 saturated heterocycles. The number of nitrogens with zero attached hydrogens (tertiary/aromatic N) is 2. The Morgan fingerprint density at radius 1 is 1.07 bits per heavy atom. The van der Waals surface area contributed by atoms with Crippen molar-refractivity contribution in [2.24, 2.45) is 0 Å². The molecule has 0 radical (unpaired) electrons. The van der Waals surface area contributed by atoms with Crippen molar-refractivity contribution < 1.29 is 23.4 Å². The predicted octanol–water partition coefficient (Wildman–Crippen LogP) is 3.72. The number of hydrogen-bond donors (Lipinski definition) is 0. The van der Waals surface area contributed by atoms with Crippen LogP contribution in [-0.2, 0) is 0 Å². The molecule has 0 spiro atoms. The van der Waals surface area contributed by atoms with Crippen LogP contribution < -0.4 is 19.1 Å². The van der Waals surface area contributed by atoms with Gasteiger partial charge in [0.1, 0.15) is 28.9 Å². The number of fused-ring (bicyclic) bond motifs is 2. The molecule has 0 saturated carbocycles. The Bertz CT molecular complexity index is 1050. The van der Waals surface area contributed by atoms with Gasteiger partial charge in [-0.3, -0.25) is 4.79 Å². The molecule has 0 N–H and O–H groups in total. The van der Waals surface area contributed by atoms with Gasteiger partial charge in [-0.05, 0) is 30.3 Å². The van der Waals surface area contributed by atoms with Crippen LogP contribution in [0, 0.1) is 5.82 Å². The monoisotopic (exact) mass is 384 g/mol. The third-order valence-electron chi connectivity index (χ3n) is 4.37. The molecule has 3 heterocycles. The number of thiazole rings is 1. The summed E-state index contributed by atoms with van der Waals surface area (Å²) in [5.74, 6) is 1.08. The van der Waals surface area contributed by atoms with Crippen molar-refractivity contribution in [3.63, 3.8) is 0 Å². The van der Waals surface area contributed by atoms with Crippen LogP contribution in [0.3, 0.4) is 0 Å². The van der Waals surface area contributed by atoms with E-state index in [-0.39, 0.29) is 12.7 Å². The molecule has 6 nitrogen and oxygen atoms in total. The summed E-state index contributed by atoms with van der Waals surface area (Å²) in [5.41, 5.74) is 1.74. The van der Waals surface area contributed by atoms with Gasteiger partial charge in [-0.2, -0.15) is 0 Å². The molecule has 27 heavy (non-hydrogen) atoms. The van der Waals surface area contributed by atoms with Crippen LogP contribution in [-0.4, -0.2) is 30.8 Å².